The van der Waals surface area contributed by atoms with Gasteiger partial charge >= 0.3 is 11.9 Å². The molecule has 0 saturated carbocycles. The standard InChI is InChI=1S/C22H28N6O7/c23-15(9-14-10-24-12-26-14)20(33)28-17(8-13-4-2-1-3-5-13)22(35)27-16(6-7-18(29)30)21(34)25-11-19(31)32/h1-5,10,12,15-17H,6-9,11,23H2,(H,24,26)(H,25,34)(H,27,35)(H,28,33)(H,29,30)(H,31,32). The fourth-order valence-electron chi connectivity index (χ4n) is 3.16. The second kappa shape index (κ2) is 13.4. The van der Waals surface area contributed by atoms with Gasteiger partial charge < -0.3 is 36.9 Å². The Bertz CT molecular complexity index is 1010. The number of aromatic nitrogens is 2. The number of benzene rings is 1. The van der Waals surface area contributed by atoms with Crippen molar-refractivity contribution in [1.29, 1.82) is 0 Å². The van der Waals surface area contributed by atoms with Gasteiger partial charge in [0.15, 0.2) is 0 Å². The van der Waals surface area contributed by atoms with Gasteiger partial charge in [-0.25, -0.2) is 4.98 Å². The third-order valence-corrected chi connectivity index (χ3v) is 4.94. The first-order valence-electron chi connectivity index (χ1n) is 10.7. The number of aromatic amines is 1. The SMILES string of the molecule is NC(Cc1cnc[nH]1)C(=O)NC(Cc1ccccc1)C(=O)NC(CCC(=O)O)C(=O)NCC(=O)O. The van der Waals surface area contributed by atoms with Gasteiger partial charge in [0, 0.05) is 31.2 Å². The molecule has 2 aromatic rings. The highest BCUT2D eigenvalue weighted by Crippen LogP contribution is 2.07. The van der Waals surface area contributed by atoms with Gasteiger partial charge in [-0.1, -0.05) is 30.3 Å². The summed E-state index contributed by atoms with van der Waals surface area (Å²) in [5, 5.41) is 24.9. The van der Waals surface area contributed by atoms with Gasteiger partial charge in [-0.05, 0) is 12.0 Å². The van der Waals surface area contributed by atoms with E-state index in [1.807, 2.05) is 0 Å². The Morgan fingerprint density at radius 3 is 2.20 bits per heavy atom. The highest BCUT2D eigenvalue weighted by molar-refractivity contribution is 5.94. The number of nitrogens with two attached hydrogens (primary N) is 1. The van der Waals surface area contributed by atoms with Gasteiger partial charge in [0.05, 0.1) is 12.4 Å². The number of carbonyl (C=O) groups excluding carboxylic acids is 3. The van der Waals surface area contributed by atoms with E-state index < -0.39 is 60.8 Å². The number of nitrogens with one attached hydrogen (secondary N) is 4. The molecule has 13 heteroatoms. The number of carboxylic acids is 2. The summed E-state index contributed by atoms with van der Waals surface area (Å²) in [5.41, 5.74) is 7.31. The summed E-state index contributed by atoms with van der Waals surface area (Å²) in [6, 6.07) is 5.33. The maximum Gasteiger partial charge on any atom is 0.322 e. The van der Waals surface area contributed by atoms with Crippen molar-refractivity contribution >= 4 is 29.7 Å². The number of rotatable bonds is 14. The Kier molecular flexibility index (Phi) is 10.4. The molecular formula is C22H28N6O7. The molecule has 0 bridgehead atoms. The zero-order valence-electron chi connectivity index (χ0n) is 18.8. The average molecular weight is 489 g/mol. The summed E-state index contributed by atoms with van der Waals surface area (Å²) in [5.74, 6) is -4.73. The number of carbonyl (C=O) groups is 5. The molecule has 188 valence electrons. The van der Waals surface area contributed by atoms with Gasteiger partial charge in [0.25, 0.3) is 0 Å². The van der Waals surface area contributed by atoms with Crippen molar-refractivity contribution < 1.29 is 34.2 Å². The Hall–Kier alpha value is -4.26. The predicted octanol–water partition coefficient (Wildman–Crippen LogP) is -1.44. The third-order valence-electron chi connectivity index (χ3n) is 4.94. The number of nitrogens with zero attached hydrogens (tertiary/aromatic N) is 1. The van der Waals surface area contributed by atoms with Gasteiger partial charge in [0.2, 0.25) is 17.7 Å². The molecule has 3 amide bonds. The molecule has 0 saturated heterocycles. The molecular weight excluding hydrogens is 460 g/mol. The molecule has 3 unspecified atom stereocenters. The lowest BCUT2D eigenvalue weighted by Gasteiger charge is -2.24. The minimum atomic E-state index is -1.33. The predicted molar refractivity (Wildman–Crippen MR) is 122 cm³/mol. The topological polar surface area (TPSA) is 217 Å². The Morgan fingerprint density at radius 2 is 1.60 bits per heavy atom. The first-order chi connectivity index (χ1) is 16.7. The molecule has 2 rings (SSSR count). The monoisotopic (exact) mass is 488 g/mol. The van der Waals surface area contributed by atoms with E-state index in [0.29, 0.717) is 11.3 Å². The second-order valence-electron chi connectivity index (χ2n) is 7.74. The van der Waals surface area contributed by atoms with Crippen LogP contribution in [0.4, 0.5) is 0 Å². The number of imidazole rings is 1. The van der Waals surface area contributed by atoms with Crippen LogP contribution in [0.25, 0.3) is 0 Å². The van der Waals surface area contributed by atoms with Gasteiger partial charge in [-0.15, -0.1) is 0 Å². The van der Waals surface area contributed by atoms with Gasteiger partial charge in [-0.2, -0.15) is 0 Å². The van der Waals surface area contributed by atoms with Crippen molar-refractivity contribution in [3.63, 3.8) is 0 Å². The van der Waals surface area contributed by atoms with Crippen molar-refractivity contribution in [3.8, 4) is 0 Å². The van der Waals surface area contributed by atoms with Crippen LogP contribution in [0.15, 0.2) is 42.9 Å². The number of hydrogen-bond donors (Lipinski definition) is 7. The molecule has 0 aliphatic carbocycles. The summed E-state index contributed by atoms with van der Waals surface area (Å²) >= 11 is 0. The lowest BCUT2D eigenvalue weighted by Crippen LogP contribution is -2.57. The largest absolute Gasteiger partial charge is 0.481 e. The van der Waals surface area contributed by atoms with Gasteiger partial charge in [0.1, 0.15) is 18.6 Å². The second-order valence-corrected chi connectivity index (χ2v) is 7.74. The van der Waals surface area contributed by atoms with Crippen LogP contribution in [0.1, 0.15) is 24.1 Å². The van der Waals surface area contributed by atoms with Crippen molar-refractivity contribution in [3.05, 3.63) is 54.1 Å². The van der Waals surface area contributed by atoms with Crippen molar-refractivity contribution in [2.45, 2.75) is 43.8 Å². The molecule has 1 aromatic heterocycles. The fraction of sp³-hybridized carbons (Fsp3) is 0.364. The van der Waals surface area contributed by atoms with E-state index in [4.69, 9.17) is 15.9 Å². The van der Waals surface area contributed by atoms with E-state index >= 15 is 0 Å². The molecule has 1 heterocycles. The third kappa shape index (κ3) is 9.63. The maximum absolute atomic E-state index is 13.1. The highest BCUT2D eigenvalue weighted by Gasteiger charge is 2.29. The highest BCUT2D eigenvalue weighted by atomic mass is 16.4. The Morgan fingerprint density at radius 1 is 0.914 bits per heavy atom. The van der Waals surface area contributed by atoms with Crippen LogP contribution in [0, 0.1) is 0 Å². The van der Waals surface area contributed by atoms with E-state index in [0.717, 1.165) is 0 Å². The van der Waals surface area contributed by atoms with E-state index in [-0.39, 0.29) is 19.3 Å². The van der Waals surface area contributed by atoms with Crippen molar-refractivity contribution in [2.24, 2.45) is 5.73 Å². The smallest absolute Gasteiger partial charge is 0.322 e. The van der Waals surface area contributed by atoms with Crippen molar-refractivity contribution in [2.75, 3.05) is 6.54 Å². The number of hydrogen-bond acceptors (Lipinski definition) is 7. The van der Waals surface area contributed by atoms with Crippen LogP contribution in [0.2, 0.25) is 0 Å². The van der Waals surface area contributed by atoms with E-state index in [1.165, 1.54) is 12.5 Å². The molecule has 0 radical (unpaired) electrons. The summed E-state index contributed by atoms with van der Waals surface area (Å²) in [6.07, 6.45) is 2.44. The molecule has 0 fully saturated rings. The van der Waals surface area contributed by atoms with Crippen LogP contribution in [0.3, 0.4) is 0 Å². The number of amides is 3. The first kappa shape index (κ1) is 27.0. The zero-order valence-corrected chi connectivity index (χ0v) is 18.8. The number of aliphatic carboxylic acids is 2. The molecule has 13 nitrogen and oxygen atoms in total. The molecule has 8 N–H and O–H groups in total. The van der Waals surface area contributed by atoms with Crippen LogP contribution in [0.5, 0.6) is 0 Å². The lowest BCUT2D eigenvalue weighted by atomic mass is 10.0. The van der Waals surface area contributed by atoms with E-state index in [9.17, 15) is 24.0 Å². The normalized spacial score (nSPS) is 13.2. The molecule has 0 aliphatic heterocycles. The molecule has 0 aliphatic rings. The molecule has 3 atom stereocenters. The average Bonchev–Trinajstić information content (AvgIpc) is 3.33. The number of H-pyrrole nitrogens is 1. The van der Waals surface area contributed by atoms with E-state index in [2.05, 4.69) is 25.9 Å². The molecule has 35 heavy (non-hydrogen) atoms. The quantitative estimate of drug-likeness (QED) is 0.165. The summed E-state index contributed by atoms with van der Waals surface area (Å²) < 4.78 is 0. The fourth-order valence-corrected chi connectivity index (χ4v) is 3.16. The maximum atomic E-state index is 13.1. The summed E-state index contributed by atoms with van der Waals surface area (Å²) in [6.45, 7) is -0.703. The van der Waals surface area contributed by atoms with Gasteiger partial charge in [-0.3, -0.25) is 24.0 Å². The van der Waals surface area contributed by atoms with Crippen LogP contribution < -0.4 is 21.7 Å². The molecule has 1 aromatic carbocycles. The number of carboxylic acid groups (broad SMARTS) is 2. The first-order valence-corrected chi connectivity index (χ1v) is 10.7. The molecule has 0 spiro atoms. The Labute approximate surface area is 200 Å². The zero-order chi connectivity index (χ0) is 25.8. The van der Waals surface area contributed by atoms with Crippen LogP contribution in [-0.4, -0.2) is 74.5 Å². The van der Waals surface area contributed by atoms with Crippen LogP contribution >= 0.6 is 0 Å². The lowest BCUT2D eigenvalue weighted by molar-refractivity contribution is -0.140. The Balaban J connectivity index is 2.15. The minimum absolute atomic E-state index is 0.0671. The van der Waals surface area contributed by atoms with E-state index in [1.54, 1.807) is 30.3 Å². The summed E-state index contributed by atoms with van der Waals surface area (Å²) in [4.78, 5) is 66.6. The minimum Gasteiger partial charge on any atom is -0.481 e. The van der Waals surface area contributed by atoms with Crippen LogP contribution in [-0.2, 0) is 36.8 Å². The van der Waals surface area contributed by atoms with Crippen molar-refractivity contribution in [1.82, 2.24) is 25.9 Å². The summed E-state index contributed by atoms with van der Waals surface area (Å²) in [7, 11) is 0.